The first-order valence-electron chi connectivity index (χ1n) is 9.50. The van der Waals surface area contributed by atoms with Gasteiger partial charge in [0, 0.05) is 45.5 Å². The minimum absolute atomic E-state index is 0.169. The molecule has 1 aliphatic rings. The Morgan fingerprint density at radius 2 is 1.76 bits per heavy atom. The van der Waals surface area contributed by atoms with E-state index in [0.717, 1.165) is 40.9 Å². The summed E-state index contributed by atoms with van der Waals surface area (Å²) in [5.74, 6) is -1.93. The molecule has 1 fully saturated rings. The van der Waals surface area contributed by atoms with E-state index >= 15 is 0 Å². The number of hydrogen-bond donors (Lipinski definition) is 3. The molecule has 0 unspecified atom stereocenters. The van der Waals surface area contributed by atoms with E-state index in [0.29, 0.717) is 23.0 Å². The first kappa shape index (κ1) is 17.8. The van der Waals surface area contributed by atoms with E-state index in [2.05, 4.69) is 10.3 Å². The largest absolute Gasteiger partial charge is 0.354 e. The van der Waals surface area contributed by atoms with Gasteiger partial charge in [-0.1, -0.05) is 24.3 Å². The molecule has 0 atom stereocenters. The fourth-order valence-corrected chi connectivity index (χ4v) is 3.74. The number of rotatable bonds is 4. The van der Waals surface area contributed by atoms with Crippen molar-refractivity contribution in [2.24, 2.45) is 5.73 Å². The van der Waals surface area contributed by atoms with Crippen molar-refractivity contribution in [2.45, 2.75) is 24.9 Å². The summed E-state index contributed by atoms with van der Waals surface area (Å²) >= 11 is 0. The predicted molar refractivity (Wildman–Crippen MR) is 108 cm³/mol. The zero-order chi connectivity index (χ0) is 20.2. The Morgan fingerprint density at radius 1 is 1.00 bits per heavy atom. The van der Waals surface area contributed by atoms with Gasteiger partial charge >= 0.3 is 0 Å². The van der Waals surface area contributed by atoms with Gasteiger partial charge < -0.3 is 16.0 Å². The molecule has 1 saturated carbocycles. The van der Waals surface area contributed by atoms with E-state index in [1.807, 2.05) is 36.4 Å². The molecule has 5 rings (SSSR count). The van der Waals surface area contributed by atoms with Crippen molar-refractivity contribution in [3.63, 3.8) is 0 Å². The molecule has 4 nitrogen and oxygen atoms in total. The quantitative estimate of drug-likeness (QED) is 0.480. The van der Waals surface area contributed by atoms with Crippen molar-refractivity contribution >= 4 is 27.7 Å². The van der Waals surface area contributed by atoms with Crippen LogP contribution in [0.15, 0.2) is 54.6 Å². The monoisotopic (exact) mass is 391 g/mol. The molecule has 3 aromatic carbocycles. The standard InChI is InChI=1S/C23H19F2N3O/c24-18-10-17-16-5-4-13(8-20(16)28-21(17)11-19(18)25)12-27-22(29)14-2-1-3-15(9-14)23(26)6-7-23/h1-5,8-11,28H,6-7,12,26H2,(H,27,29). The number of fused-ring (bicyclic) bond motifs is 3. The Kier molecular flexibility index (Phi) is 3.93. The number of nitrogens with two attached hydrogens (primary N) is 1. The highest BCUT2D eigenvalue weighted by Crippen LogP contribution is 2.42. The number of amides is 1. The summed E-state index contributed by atoms with van der Waals surface area (Å²) < 4.78 is 27.0. The molecule has 1 aliphatic carbocycles. The van der Waals surface area contributed by atoms with E-state index in [9.17, 15) is 13.6 Å². The van der Waals surface area contributed by atoms with Crippen molar-refractivity contribution in [3.8, 4) is 0 Å². The zero-order valence-corrected chi connectivity index (χ0v) is 15.6. The molecule has 6 heteroatoms. The van der Waals surface area contributed by atoms with Gasteiger partial charge in [0.2, 0.25) is 0 Å². The molecule has 0 radical (unpaired) electrons. The summed E-state index contributed by atoms with van der Waals surface area (Å²) in [5, 5.41) is 4.35. The third kappa shape index (κ3) is 3.15. The van der Waals surface area contributed by atoms with Crippen molar-refractivity contribution in [1.29, 1.82) is 0 Å². The van der Waals surface area contributed by atoms with Crippen LogP contribution >= 0.6 is 0 Å². The Labute approximate surface area is 165 Å². The van der Waals surface area contributed by atoms with Crippen LogP contribution in [0, 0.1) is 11.6 Å². The van der Waals surface area contributed by atoms with Crippen LogP contribution in [0.2, 0.25) is 0 Å². The van der Waals surface area contributed by atoms with Crippen LogP contribution in [-0.2, 0) is 12.1 Å². The van der Waals surface area contributed by atoms with Gasteiger partial charge in [0.25, 0.3) is 5.91 Å². The summed E-state index contributed by atoms with van der Waals surface area (Å²) in [6.45, 7) is 0.338. The Hall–Kier alpha value is -3.25. The van der Waals surface area contributed by atoms with Gasteiger partial charge in [-0.05, 0) is 48.2 Å². The molecule has 1 heterocycles. The van der Waals surface area contributed by atoms with Crippen molar-refractivity contribution in [3.05, 3.63) is 82.9 Å². The normalized spacial score (nSPS) is 15.0. The zero-order valence-electron chi connectivity index (χ0n) is 15.6. The van der Waals surface area contributed by atoms with E-state index < -0.39 is 11.6 Å². The van der Waals surface area contributed by atoms with Crippen molar-refractivity contribution in [2.75, 3.05) is 0 Å². The highest BCUT2D eigenvalue weighted by atomic mass is 19.2. The number of carbonyl (C=O) groups is 1. The molecule has 29 heavy (non-hydrogen) atoms. The van der Waals surface area contributed by atoms with Gasteiger partial charge in [-0.2, -0.15) is 0 Å². The molecule has 0 saturated heterocycles. The third-order valence-electron chi connectivity index (χ3n) is 5.65. The smallest absolute Gasteiger partial charge is 0.251 e. The Balaban J connectivity index is 1.36. The van der Waals surface area contributed by atoms with Gasteiger partial charge in [0.1, 0.15) is 0 Å². The van der Waals surface area contributed by atoms with Gasteiger partial charge in [-0.3, -0.25) is 4.79 Å². The average molecular weight is 391 g/mol. The lowest BCUT2D eigenvalue weighted by Gasteiger charge is -2.11. The lowest BCUT2D eigenvalue weighted by molar-refractivity contribution is 0.0951. The lowest BCUT2D eigenvalue weighted by atomic mass is 10.0. The molecule has 0 bridgehead atoms. The topological polar surface area (TPSA) is 70.9 Å². The van der Waals surface area contributed by atoms with Crippen LogP contribution in [-0.4, -0.2) is 10.9 Å². The summed E-state index contributed by atoms with van der Waals surface area (Å²) in [4.78, 5) is 15.7. The van der Waals surface area contributed by atoms with Crippen LogP contribution in [0.3, 0.4) is 0 Å². The van der Waals surface area contributed by atoms with E-state index in [1.54, 1.807) is 6.07 Å². The number of aromatic amines is 1. The second kappa shape index (κ2) is 6.39. The maximum atomic E-state index is 13.6. The highest BCUT2D eigenvalue weighted by Gasteiger charge is 2.40. The molecule has 4 aromatic rings. The number of hydrogen-bond acceptors (Lipinski definition) is 2. The van der Waals surface area contributed by atoms with Crippen molar-refractivity contribution < 1.29 is 13.6 Å². The SMILES string of the molecule is NC1(c2cccc(C(=O)NCc3ccc4c(c3)[nH]c3cc(F)c(F)cc34)c2)CC1. The number of carbonyl (C=O) groups excluding carboxylic acids is 1. The van der Waals surface area contributed by atoms with E-state index in [4.69, 9.17) is 5.73 Å². The van der Waals surface area contributed by atoms with Crippen LogP contribution in [0.4, 0.5) is 8.78 Å². The number of aromatic nitrogens is 1. The van der Waals surface area contributed by atoms with Gasteiger partial charge in [0.15, 0.2) is 11.6 Å². The van der Waals surface area contributed by atoms with Crippen molar-refractivity contribution in [1.82, 2.24) is 10.3 Å². The fraction of sp³-hybridized carbons (Fsp3) is 0.174. The number of halogens is 2. The highest BCUT2D eigenvalue weighted by molar-refractivity contribution is 6.07. The molecule has 0 aliphatic heterocycles. The first-order chi connectivity index (χ1) is 13.9. The Bertz CT molecular complexity index is 1270. The molecular formula is C23H19F2N3O. The van der Waals surface area contributed by atoms with Gasteiger partial charge in [-0.25, -0.2) is 8.78 Å². The van der Waals surface area contributed by atoms with Gasteiger partial charge in [-0.15, -0.1) is 0 Å². The second-order valence-electron chi connectivity index (χ2n) is 7.74. The number of nitrogens with one attached hydrogen (secondary N) is 2. The summed E-state index contributed by atoms with van der Waals surface area (Å²) in [7, 11) is 0. The summed E-state index contributed by atoms with van der Waals surface area (Å²) in [6, 6.07) is 15.4. The minimum atomic E-state index is -0.885. The maximum absolute atomic E-state index is 13.6. The molecule has 1 aromatic heterocycles. The molecule has 1 amide bonds. The minimum Gasteiger partial charge on any atom is -0.354 e. The van der Waals surface area contributed by atoms with Crippen LogP contribution < -0.4 is 11.1 Å². The molecule has 4 N–H and O–H groups in total. The van der Waals surface area contributed by atoms with E-state index in [1.165, 1.54) is 6.07 Å². The summed E-state index contributed by atoms with van der Waals surface area (Å²) in [5.41, 5.74) is 9.69. The predicted octanol–water partition coefficient (Wildman–Crippen LogP) is 4.48. The van der Waals surface area contributed by atoms with Crippen LogP contribution in [0.5, 0.6) is 0 Å². The first-order valence-corrected chi connectivity index (χ1v) is 9.50. The average Bonchev–Trinajstić information content (AvgIpc) is 3.39. The maximum Gasteiger partial charge on any atom is 0.251 e. The molecule has 0 spiro atoms. The lowest BCUT2D eigenvalue weighted by Crippen LogP contribution is -2.24. The molecular weight excluding hydrogens is 372 g/mol. The second-order valence-corrected chi connectivity index (χ2v) is 7.74. The van der Waals surface area contributed by atoms with Gasteiger partial charge in [0.05, 0.1) is 0 Å². The van der Waals surface area contributed by atoms with E-state index in [-0.39, 0.29) is 11.4 Å². The number of H-pyrrole nitrogens is 1. The van der Waals surface area contributed by atoms with Crippen LogP contribution in [0.25, 0.3) is 21.8 Å². The fourth-order valence-electron chi connectivity index (χ4n) is 3.74. The third-order valence-corrected chi connectivity index (χ3v) is 5.65. The molecule has 146 valence electrons. The summed E-state index contributed by atoms with van der Waals surface area (Å²) in [6.07, 6.45) is 1.88. The Morgan fingerprint density at radius 3 is 2.55 bits per heavy atom. The number of benzene rings is 3. The van der Waals surface area contributed by atoms with Crippen LogP contribution in [0.1, 0.15) is 34.3 Å².